The molecule has 1 aromatic rings. The molecular formula is C16H26N6. The van der Waals surface area contributed by atoms with E-state index in [-0.39, 0.29) is 0 Å². The van der Waals surface area contributed by atoms with Crippen LogP contribution in [0.25, 0.3) is 0 Å². The van der Waals surface area contributed by atoms with Gasteiger partial charge in [0.25, 0.3) is 0 Å². The summed E-state index contributed by atoms with van der Waals surface area (Å²) in [6.07, 6.45) is 7.22. The second kappa shape index (κ2) is 6.28. The molecule has 0 aromatic carbocycles. The second-order valence-electron chi connectivity index (χ2n) is 6.50. The van der Waals surface area contributed by atoms with Gasteiger partial charge in [0.1, 0.15) is 0 Å². The average molecular weight is 302 g/mol. The van der Waals surface area contributed by atoms with Gasteiger partial charge < -0.3 is 20.0 Å². The fraction of sp³-hybridized carbons (Fsp3) is 0.750. The first kappa shape index (κ1) is 14.1. The van der Waals surface area contributed by atoms with Crippen LogP contribution in [0.15, 0.2) is 6.20 Å². The van der Waals surface area contributed by atoms with Crippen molar-refractivity contribution in [2.75, 3.05) is 67.1 Å². The molecule has 3 saturated heterocycles. The summed E-state index contributed by atoms with van der Waals surface area (Å²) in [5.41, 5.74) is 1.25. The first-order valence-corrected chi connectivity index (χ1v) is 8.74. The summed E-state index contributed by atoms with van der Waals surface area (Å²) in [4.78, 5) is 16.9. The molecule has 22 heavy (non-hydrogen) atoms. The van der Waals surface area contributed by atoms with E-state index in [1.807, 2.05) is 0 Å². The van der Waals surface area contributed by atoms with Gasteiger partial charge in [-0.25, -0.2) is 4.98 Å². The van der Waals surface area contributed by atoms with Crippen molar-refractivity contribution in [1.82, 2.24) is 15.3 Å². The Balaban J connectivity index is 1.65. The van der Waals surface area contributed by atoms with Gasteiger partial charge in [-0.1, -0.05) is 0 Å². The van der Waals surface area contributed by atoms with Crippen LogP contribution in [-0.4, -0.2) is 62.3 Å². The van der Waals surface area contributed by atoms with Gasteiger partial charge in [-0.3, -0.25) is 0 Å². The quantitative estimate of drug-likeness (QED) is 0.902. The maximum absolute atomic E-state index is 4.99. The van der Waals surface area contributed by atoms with Crippen LogP contribution in [0.2, 0.25) is 0 Å². The van der Waals surface area contributed by atoms with Gasteiger partial charge >= 0.3 is 0 Å². The van der Waals surface area contributed by atoms with Gasteiger partial charge in [-0.05, 0) is 25.7 Å². The minimum Gasteiger partial charge on any atom is -0.367 e. The highest BCUT2D eigenvalue weighted by molar-refractivity contribution is 5.68. The highest BCUT2D eigenvalue weighted by atomic mass is 15.3. The Morgan fingerprint density at radius 3 is 2.09 bits per heavy atom. The van der Waals surface area contributed by atoms with E-state index in [0.29, 0.717) is 0 Å². The topological polar surface area (TPSA) is 47.5 Å². The normalized spacial score (nSPS) is 22.6. The summed E-state index contributed by atoms with van der Waals surface area (Å²) in [6.45, 7) is 8.63. The van der Waals surface area contributed by atoms with E-state index in [1.165, 1.54) is 37.2 Å². The summed E-state index contributed by atoms with van der Waals surface area (Å²) in [5, 5.41) is 3.39. The molecule has 0 spiro atoms. The molecule has 0 amide bonds. The molecule has 6 nitrogen and oxygen atoms in total. The van der Waals surface area contributed by atoms with Crippen molar-refractivity contribution < 1.29 is 0 Å². The molecule has 0 aliphatic carbocycles. The number of rotatable bonds is 3. The van der Waals surface area contributed by atoms with Crippen molar-refractivity contribution in [3.63, 3.8) is 0 Å². The number of hydrogen-bond acceptors (Lipinski definition) is 6. The van der Waals surface area contributed by atoms with Crippen LogP contribution in [0.1, 0.15) is 25.7 Å². The molecule has 120 valence electrons. The van der Waals surface area contributed by atoms with Crippen molar-refractivity contribution in [1.29, 1.82) is 0 Å². The van der Waals surface area contributed by atoms with Crippen LogP contribution in [0.4, 0.5) is 17.5 Å². The fourth-order valence-corrected chi connectivity index (χ4v) is 3.72. The first-order valence-electron chi connectivity index (χ1n) is 8.74. The molecule has 4 heterocycles. The van der Waals surface area contributed by atoms with Crippen LogP contribution >= 0.6 is 0 Å². The lowest BCUT2D eigenvalue weighted by atomic mass is 10.3. The van der Waals surface area contributed by atoms with Gasteiger partial charge in [-0.15, -0.1) is 0 Å². The zero-order chi connectivity index (χ0) is 14.8. The maximum atomic E-state index is 4.99. The van der Waals surface area contributed by atoms with Crippen molar-refractivity contribution in [3.05, 3.63) is 6.20 Å². The fourth-order valence-electron chi connectivity index (χ4n) is 3.72. The Bertz CT molecular complexity index is 501. The highest BCUT2D eigenvalue weighted by Crippen LogP contribution is 2.32. The molecule has 0 unspecified atom stereocenters. The SMILES string of the molecule is c1nc(N2CCNCC2)nc(N2CCCC2)c1N1CCCC1. The number of piperazine rings is 1. The Labute approximate surface area is 132 Å². The third-order valence-corrected chi connectivity index (χ3v) is 4.99. The first-order chi connectivity index (χ1) is 10.9. The van der Waals surface area contributed by atoms with Crippen LogP contribution < -0.4 is 20.0 Å². The van der Waals surface area contributed by atoms with E-state index in [2.05, 4.69) is 26.2 Å². The molecule has 3 fully saturated rings. The largest absolute Gasteiger partial charge is 0.367 e. The van der Waals surface area contributed by atoms with E-state index in [1.54, 1.807) is 0 Å². The van der Waals surface area contributed by atoms with E-state index in [0.717, 1.165) is 58.3 Å². The predicted octanol–water partition coefficient (Wildman–Crippen LogP) is 1.09. The molecule has 3 aliphatic heterocycles. The Morgan fingerprint density at radius 1 is 0.773 bits per heavy atom. The van der Waals surface area contributed by atoms with Gasteiger partial charge in [0.15, 0.2) is 5.82 Å². The Hall–Kier alpha value is -1.56. The standard InChI is InChI=1S/C16H26N6/c1-2-8-20(7-1)14-13-18-16(22-11-5-17-6-12-22)19-15(14)21-9-3-4-10-21/h13,17H,1-12H2. The zero-order valence-corrected chi connectivity index (χ0v) is 13.3. The van der Waals surface area contributed by atoms with E-state index >= 15 is 0 Å². The molecular weight excluding hydrogens is 276 g/mol. The number of anilines is 3. The van der Waals surface area contributed by atoms with Crippen molar-refractivity contribution in [2.45, 2.75) is 25.7 Å². The molecule has 0 bridgehead atoms. The van der Waals surface area contributed by atoms with Gasteiger partial charge in [0, 0.05) is 52.4 Å². The predicted molar refractivity (Wildman–Crippen MR) is 90.0 cm³/mol. The second-order valence-corrected chi connectivity index (χ2v) is 6.50. The Morgan fingerprint density at radius 2 is 1.41 bits per heavy atom. The molecule has 0 radical (unpaired) electrons. The van der Waals surface area contributed by atoms with Crippen molar-refractivity contribution >= 4 is 17.5 Å². The molecule has 0 atom stereocenters. The van der Waals surface area contributed by atoms with Crippen LogP contribution in [0, 0.1) is 0 Å². The summed E-state index contributed by atoms with van der Waals surface area (Å²) < 4.78 is 0. The monoisotopic (exact) mass is 302 g/mol. The molecule has 0 saturated carbocycles. The lowest BCUT2D eigenvalue weighted by molar-refractivity contribution is 0.579. The summed E-state index contributed by atoms with van der Waals surface area (Å²) in [6, 6.07) is 0. The number of hydrogen-bond donors (Lipinski definition) is 1. The smallest absolute Gasteiger partial charge is 0.227 e. The average Bonchev–Trinajstić information content (AvgIpc) is 3.29. The molecule has 1 aromatic heterocycles. The van der Waals surface area contributed by atoms with Crippen LogP contribution in [0.5, 0.6) is 0 Å². The van der Waals surface area contributed by atoms with Gasteiger partial charge in [0.2, 0.25) is 5.95 Å². The number of nitrogens with zero attached hydrogens (tertiary/aromatic N) is 5. The van der Waals surface area contributed by atoms with Gasteiger partial charge in [-0.2, -0.15) is 4.98 Å². The lowest BCUT2D eigenvalue weighted by Crippen LogP contribution is -2.44. The van der Waals surface area contributed by atoms with E-state index in [4.69, 9.17) is 9.97 Å². The van der Waals surface area contributed by atoms with Crippen molar-refractivity contribution in [3.8, 4) is 0 Å². The minimum atomic E-state index is 0.909. The summed E-state index contributed by atoms with van der Waals surface area (Å²) >= 11 is 0. The third-order valence-electron chi connectivity index (χ3n) is 4.99. The van der Waals surface area contributed by atoms with Crippen molar-refractivity contribution in [2.24, 2.45) is 0 Å². The lowest BCUT2D eigenvalue weighted by Gasteiger charge is -2.30. The zero-order valence-electron chi connectivity index (χ0n) is 13.3. The molecule has 4 rings (SSSR count). The third kappa shape index (κ3) is 2.72. The highest BCUT2D eigenvalue weighted by Gasteiger charge is 2.25. The number of nitrogens with one attached hydrogen (secondary N) is 1. The maximum Gasteiger partial charge on any atom is 0.227 e. The Kier molecular flexibility index (Phi) is 4.01. The summed E-state index contributed by atoms with van der Waals surface area (Å²) in [5.74, 6) is 2.08. The van der Waals surface area contributed by atoms with Gasteiger partial charge in [0.05, 0.1) is 11.9 Å². The van der Waals surface area contributed by atoms with E-state index < -0.39 is 0 Å². The summed E-state index contributed by atoms with van der Waals surface area (Å²) in [7, 11) is 0. The minimum absolute atomic E-state index is 0.909. The van der Waals surface area contributed by atoms with Crippen LogP contribution in [-0.2, 0) is 0 Å². The van der Waals surface area contributed by atoms with Crippen LogP contribution in [0.3, 0.4) is 0 Å². The molecule has 6 heteroatoms. The van der Waals surface area contributed by atoms with E-state index in [9.17, 15) is 0 Å². The molecule has 3 aliphatic rings. The number of aromatic nitrogens is 2. The molecule has 1 N–H and O–H groups in total.